The Morgan fingerprint density at radius 3 is 2.86 bits per heavy atom. The molecule has 0 aliphatic heterocycles. The molecule has 0 spiro atoms. The van der Waals surface area contributed by atoms with Crippen molar-refractivity contribution in [2.75, 3.05) is 0 Å². The number of aryl methyl sites for hydroxylation is 1. The smallest absolute Gasteiger partial charge is 0.250 e. The lowest BCUT2D eigenvalue weighted by Crippen LogP contribution is -2.07. The van der Waals surface area contributed by atoms with Gasteiger partial charge in [0, 0.05) is 22.9 Å². The van der Waals surface area contributed by atoms with Gasteiger partial charge in [0.25, 0.3) is 5.56 Å². The maximum absolute atomic E-state index is 11.1. The zero-order chi connectivity index (χ0) is 10.1. The number of pyridine rings is 1. The highest BCUT2D eigenvalue weighted by molar-refractivity contribution is 7.15. The summed E-state index contributed by atoms with van der Waals surface area (Å²) < 4.78 is 0.747. The molecule has 14 heavy (non-hydrogen) atoms. The van der Waals surface area contributed by atoms with Gasteiger partial charge in [0.1, 0.15) is 4.34 Å². The first-order valence-electron chi connectivity index (χ1n) is 4.11. The van der Waals surface area contributed by atoms with Crippen LogP contribution in [0, 0.1) is 6.92 Å². The summed E-state index contributed by atoms with van der Waals surface area (Å²) in [5.74, 6) is 0. The molecule has 2 aromatic rings. The Bertz CT molecular complexity index is 515. The van der Waals surface area contributed by atoms with Gasteiger partial charge in [-0.15, -0.1) is 11.3 Å². The zero-order valence-corrected chi connectivity index (χ0v) is 9.08. The summed E-state index contributed by atoms with van der Waals surface area (Å²) in [6.45, 7) is 1.78. The number of hydrogen-bond acceptors (Lipinski definition) is 2. The van der Waals surface area contributed by atoms with Crippen LogP contribution in [-0.2, 0) is 0 Å². The fourth-order valence-corrected chi connectivity index (χ4v) is 2.22. The van der Waals surface area contributed by atoms with Crippen molar-refractivity contribution < 1.29 is 0 Å². The lowest BCUT2D eigenvalue weighted by molar-refractivity contribution is 1.18. The standard InChI is InChI=1S/C10H8ClNOS/c1-6-4-7(5-12-10(6)13)8-2-3-14-9(8)11/h2-5H,1H3,(H,12,13). The van der Waals surface area contributed by atoms with E-state index in [0.29, 0.717) is 5.56 Å². The average molecular weight is 226 g/mol. The minimum absolute atomic E-state index is 0.0555. The minimum atomic E-state index is -0.0555. The Balaban J connectivity index is 2.59. The molecule has 0 aliphatic rings. The summed E-state index contributed by atoms with van der Waals surface area (Å²) in [5.41, 5.74) is 2.56. The second-order valence-corrected chi connectivity index (χ2v) is 4.53. The maximum Gasteiger partial charge on any atom is 0.250 e. The van der Waals surface area contributed by atoms with E-state index in [1.807, 2.05) is 17.5 Å². The fraction of sp³-hybridized carbons (Fsp3) is 0.100. The van der Waals surface area contributed by atoms with E-state index < -0.39 is 0 Å². The van der Waals surface area contributed by atoms with E-state index in [2.05, 4.69) is 4.98 Å². The Labute approximate surface area is 90.2 Å². The molecule has 2 nitrogen and oxygen atoms in total. The summed E-state index contributed by atoms with van der Waals surface area (Å²) in [6, 6.07) is 3.78. The van der Waals surface area contributed by atoms with Crippen molar-refractivity contribution in [3.63, 3.8) is 0 Å². The third kappa shape index (κ3) is 1.61. The molecule has 1 N–H and O–H groups in total. The highest BCUT2D eigenvalue weighted by Crippen LogP contribution is 2.31. The second-order valence-electron chi connectivity index (χ2n) is 3.01. The molecule has 2 rings (SSSR count). The van der Waals surface area contributed by atoms with Crippen molar-refractivity contribution in [3.05, 3.63) is 44.0 Å². The van der Waals surface area contributed by atoms with Gasteiger partial charge in [-0.2, -0.15) is 0 Å². The molecule has 0 fully saturated rings. The first-order chi connectivity index (χ1) is 6.68. The SMILES string of the molecule is Cc1cc(-c2ccsc2Cl)c[nH]c1=O. The van der Waals surface area contributed by atoms with Crippen molar-refractivity contribution in [2.45, 2.75) is 6.92 Å². The normalized spacial score (nSPS) is 10.4. The van der Waals surface area contributed by atoms with Crippen LogP contribution in [0.4, 0.5) is 0 Å². The zero-order valence-electron chi connectivity index (χ0n) is 7.50. The van der Waals surface area contributed by atoms with Crippen molar-refractivity contribution in [1.29, 1.82) is 0 Å². The van der Waals surface area contributed by atoms with Gasteiger partial charge in [-0.3, -0.25) is 4.79 Å². The van der Waals surface area contributed by atoms with E-state index in [1.165, 1.54) is 11.3 Å². The van der Waals surface area contributed by atoms with E-state index in [-0.39, 0.29) is 5.56 Å². The topological polar surface area (TPSA) is 32.9 Å². The van der Waals surface area contributed by atoms with Gasteiger partial charge in [0.05, 0.1) is 0 Å². The first kappa shape index (κ1) is 9.49. The molecule has 0 unspecified atom stereocenters. The number of aromatic amines is 1. The Morgan fingerprint density at radius 1 is 1.50 bits per heavy atom. The Hall–Kier alpha value is -1.06. The fourth-order valence-electron chi connectivity index (χ4n) is 1.25. The van der Waals surface area contributed by atoms with Crippen LogP contribution in [0.3, 0.4) is 0 Å². The minimum Gasteiger partial charge on any atom is -0.328 e. The monoisotopic (exact) mass is 225 g/mol. The van der Waals surface area contributed by atoms with Crippen LogP contribution >= 0.6 is 22.9 Å². The lowest BCUT2D eigenvalue weighted by atomic mass is 10.1. The quantitative estimate of drug-likeness (QED) is 0.795. The molecular formula is C10H8ClNOS. The van der Waals surface area contributed by atoms with Gasteiger partial charge >= 0.3 is 0 Å². The number of thiophene rings is 1. The van der Waals surface area contributed by atoms with Crippen LogP contribution in [-0.4, -0.2) is 4.98 Å². The van der Waals surface area contributed by atoms with Crippen LogP contribution in [0.15, 0.2) is 28.5 Å². The summed E-state index contributed by atoms with van der Waals surface area (Å²) >= 11 is 7.48. The number of aromatic nitrogens is 1. The van der Waals surface area contributed by atoms with E-state index in [4.69, 9.17) is 11.6 Å². The molecule has 2 heterocycles. The summed E-state index contributed by atoms with van der Waals surface area (Å²) in [7, 11) is 0. The molecule has 0 aliphatic carbocycles. The summed E-state index contributed by atoms with van der Waals surface area (Å²) in [5, 5.41) is 1.93. The van der Waals surface area contributed by atoms with Crippen LogP contribution in [0.1, 0.15) is 5.56 Å². The van der Waals surface area contributed by atoms with Gasteiger partial charge in [-0.25, -0.2) is 0 Å². The van der Waals surface area contributed by atoms with Crippen molar-refractivity contribution >= 4 is 22.9 Å². The molecule has 0 aromatic carbocycles. The van der Waals surface area contributed by atoms with Gasteiger partial charge in [0.15, 0.2) is 0 Å². The summed E-state index contributed by atoms with van der Waals surface area (Å²) in [4.78, 5) is 13.8. The molecule has 2 aromatic heterocycles. The predicted octanol–water partition coefficient (Wildman–Crippen LogP) is 3.07. The molecule has 0 saturated heterocycles. The number of rotatable bonds is 1. The third-order valence-corrected chi connectivity index (χ3v) is 3.19. The molecular weight excluding hydrogens is 218 g/mol. The number of nitrogens with one attached hydrogen (secondary N) is 1. The molecule has 0 atom stereocenters. The van der Waals surface area contributed by atoms with Gasteiger partial charge in [-0.1, -0.05) is 11.6 Å². The van der Waals surface area contributed by atoms with Crippen molar-refractivity contribution in [3.8, 4) is 11.1 Å². The number of hydrogen-bond donors (Lipinski definition) is 1. The summed E-state index contributed by atoms with van der Waals surface area (Å²) in [6.07, 6.45) is 1.68. The molecule has 0 saturated carbocycles. The van der Waals surface area contributed by atoms with Crippen molar-refractivity contribution in [1.82, 2.24) is 4.98 Å². The predicted molar refractivity (Wildman–Crippen MR) is 60.1 cm³/mol. The average Bonchev–Trinajstić information content (AvgIpc) is 2.57. The lowest BCUT2D eigenvalue weighted by Gasteiger charge is -1.99. The van der Waals surface area contributed by atoms with Crippen molar-refractivity contribution in [2.24, 2.45) is 0 Å². The number of halogens is 1. The maximum atomic E-state index is 11.1. The largest absolute Gasteiger partial charge is 0.328 e. The highest BCUT2D eigenvalue weighted by Gasteiger charge is 2.05. The first-order valence-corrected chi connectivity index (χ1v) is 5.37. The van der Waals surface area contributed by atoms with Crippen LogP contribution in [0.2, 0.25) is 4.34 Å². The Morgan fingerprint density at radius 2 is 2.29 bits per heavy atom. The third-order valence-electron chi connectivity index (χ3n) is 2.02. The molecule has 4 heteroatoms. The molecule has 0 amide bonds. The number of H-pyrrole nitrogens is 1. The van der Waals surface area contributed by atoms with Gasteiger partial charge in [0.2, 0.25) is 0 Å². The second kappa shape index (κ2) is 3.59. The van der Waals surface area contributed by atoms with E-state index in [0.717, 1.165) is 15.5 Å². The van der Waals surface area contributed by atoms with E-state index in [9.17, 15) is 4.79 Å². The van der Waals surface area contributed by atoms with Crippen LogP contribution in [0.5, 0.6) is 0 Å². The van der Waals surface area contributed by atoms with Crippen LogP contribution in [0.25, 0.3) is 11.1 Å². The molecule has 0 bridgehead atoms. The molecule has 72 valence electrons. The highest BCUT2D eigenvalue weighted by atomic mass is 35.5. The van der Waals surface area contributed by atoms with Gasteiger partial charge < -0.3 is 4.98 Å². The molecule has 0 radical (unpaired) electrons. The van der Waals surface area contributed by atoms with Crippen LogP contribution < -0.4 is 5.56 Å². The van der Waals surface area contributed by atoms with E-state index >= 15 is 0 Å². The Kier molecular flexibility index (Phi) is 2.44. The van der Waals surface area contributed by atoms with E-state index in [1.54, 1.807) is 13.1 Å². The van der Waals surface area contributed by atoms with Gasteiger partial charge in [-0.05, 0) is 24.4 Å².